The number of amides is 1. The Morgan fingerprint density at radius 2 is 1.76 bits per heavy atom. The van der Waals surface area contributed by atoms with Gasteiger partial charge in [-0.2, -0.15) is 0 Å². The molecule has 2 aliphatic heterocycles. The molecule has 1 aromatic rings. The van der Waals surface area contributed by atoms with E-state index in [-0.39, 0.29) is 11.8 Å². The molecule has 4 nitrogen and oxygen atoms in total. The van der Waals surface area contributed by atoms with Gasteiger partial charge in [-0.15, -0.1) is 0 Å². The van der Waals surface area contributed by atoms with Crippen LogP contribution in [0.2, 0.25) is 0 Å². The summed E-state index contributed by atoms with van der Waals surface area (Å²) in [7, 11) is 0. The zero-order valence-electron chi connectivity index (χ0n) is 18.6. The minimum absolute atomic E-state index is 0.230. The topological polar surface area (TPSA) is 35.6 Å². The molecule has 0 bridgehead atoms. The molecule has 1 aromatic carbocycles. The first-order valence-corrected chi connectivity index (χ1v) is 11.9. The third-order valence-electron chi connectivity index (χ3n) is 7.08. The van der Waals surface area contributed by atoms with Crippen molar-refractivity contribution in [2.24, 2.45) is 11.8 Å². The summed E-state index contributed by atoms with van der Waals surface area (Å²) < 4.78 is 0. The van der Waals surface area contributed by atoms with Crippen LogP contribution in [-0.4, -0.2) is 61.0 Å². The van der Waals surface area contributed by atoms with Crippen LogP contribution in [0.4, 0.5) is 0 Å². The van der Waals surface area contributed by atoms with Gasteiger partial charge in [0.15, 0.2) is 0 Å². The Hall–Kier alpha value is -1.39. The summed E-state index contributed by atoms with van der Waals surface area (Å²) in [6, 6.07) is 11.6. The van der Waals surface area contributed by atoms with Crippen LogP contribution in [0.25, 0.3) is 0 Å². The van der Waals surface area contributed by atoms with Crippen molar-refractivity contribution in [3.05, 3.63) is 35.9 Å². The number of likely N-dealkylation sites (tertiary alicyclic amines) is 2. The molecule has 1 atom stereocenters. The predicted molar refractivity (Wildman–Crippen MR) is 121 cm³/mol. The molecule has 3 rings (SSSR count). The Balaban J connectivity index is 1.30. The molecule has 1 unspecified atom stereocenters. The molecule has 0 radical (unpaired) electrons. The average Bonchev–Trinajstić information content (AvgIpc) is 2.78. The molecule has 2 aliphatic rings. The van der Waals surface area contributed by atoms with Crippen LogP contribution < -0.4 is 5.32 Å². The van der Waals surface area contributed by atoms with E-state index in [0.717, 1.165) is 44.9 Å². The quantitative estimate of drug-likeness (QED) is 0.683. The zero-order valence-corrected chi connectivity index (χ0v) is 18.6. The van der Waals surface area contributed by atoms with E-state index in [0.29, 0.717) is 5.92 Å². The van der Waals surface area contributed by atoms with Gasteiger partial charge in [-0.1, -0.05) is 50.6 Å². The summed E-state index contributed by atoms with van der Waals surface area (Å²) in [5, 5.41) is 3.17. The highest BCUT2D eigenvalue weighted by Crippen LogP contribution is 2.24. The van der Waals surface area contributed by atoms with Gasteiger partial charge in [0, 0.05) is 18.5 Å². The Labute approximate surface area is 178 Å². The lowest BCUT2D eigenvalue weighted by Gasteiger charge is -2.41. The van der Waals surface area contributed by atoms with Gasteiger partial charge in [-0.05, 0) is 82.7 Å². The first-order chi connectivity index (χ1) is 14.2. The number of hydrogen-bond acceptors (Lipinski definition) is 3. The summed E-state index contributed by atoms with van der Waals surface area (Å²) >= 11 is 0. The lowest BCUT2D eigenvalue weighted by atomic mass is 9.92. The number of hydrogen-bond donors (Lipinski definition) is 1. The van der Waals surface area contributed by atoms with Crippen molar-refractivity contribution >= 4 is 5.91 Å². The number of piperidine rings is 2. The zero-order chi connectivity index (χ0) is 20.5. The van der Waals surface area contributed by atoms with Gasteiger partial charge in [0.1, 0.15) is 0 Å². The molecule has 4 heteroatoms. The van der Waals surface area contributed by atoms with Crippen molar-refractivity contribution in [3.63, 3.8) is 0 Å². The third kappa shape index (κ3) is 7.11. The van der Waals surface area contributed by atoms with E-state index < -0.39 is 0 Å². The fraction of sp³-hybridized carbons (Fsp3) is 0.720. The van der Waals surface area contributed by atoms with E-state index in [1.165, 1.54) is 50.9 Å². The van der Waals surface area contributed by atoms with Gasteiger partial charge in [0.05, 0.1) is 0 Å². The van der Waals surface area contributed by atoms with E-state index in [1.807, 2.05) is 0 Å². The second kappa shape index (κ2) is 11.7. The summed E-state index contributed by atoms with van der Waals surface area (Å²) in [5.74, 6) is 1.10. The van der Waals surface area contributed by atoms with Crippen molar-refractivity contribution in [2.45, 2.75) is 64.8 Å². The Kier molecular flexibility index (Phi) is 9.00. The maximum Gasteiger partial charge on any atom is 0.223 e. The predicted octanol–water partition coefficient (Wildman–Crippen LogP) is 3.96. The molecule has 0 saturated carbocycles. The molecule has 2 saturated heterocycles. The summed E-state index contributed by atoms with van der Waals surface area (Å²) in [4.78, 5) is 17.7. The Morgan fingerprint density at radius 3 is 2.41 bits per heavy atom. The number of rotatable bonds is 9. The number of aryl methyl sites for hydroxylation is 1. The fourth-order valence-electron chi connectivity index (χ4n) is 4.75. The van der Waals surface area contributed by atoms with Gasteiger partial charge < -0.3 is 15.1 Å². The molecular formula is C25H41N3O. The average molecular weight is 400 g/mol. The molecule has 1 amide bonds. The largest absolute Gasteiger partial charge is 0.356 e. The lowest BCUT2D eigenvalue weighted by molar-refractivity contribution is -0.126. The highest BCUT2D eigenvalue weighted by Gasteiger charge is 2.30. The van der Waals surface area contributed by atoms with Gasteiger partial charge in [0.25, 0.3) is 0 Å². The third-order valence-corrected chi connectivity index (χ3v) is 7.08. The molecule has 2 heterocycles. The van der Waals surface area contributed by atoms with Gasteiger partial charge >= 0.3 is 0 Å². The van der Waals surface area contributed by atoms with Crippen LogP contribution in [0.15, 0.2) is 30.3 Å². The fourth-order valence-corrected chi connectivity index (χ4v) is 4.75. The molecular weight excluding hydrogens is 358 g/mol. The van der Waals surface area contributed by atoms with Crippen LogP contribution in [0.3, 0.4) is 0 Å². The first-order valence-electron chi connectivity index (χ1n) is 11.9. The second-order valence-electron chi connectivity index (χ2n) is 9.23. The number of nitrogens with zero attached hydrogens (tertiary/aromatic N) is 2. The van der Waals surface area contributed by atoms with Crippen LogP contribution in [0.5, 0.6) is 0 Å². The number of carbonyl (C=O) groups is 1. The number of carbonyl (C=O) groups excluding carboxylic acids is 1. The van der Waals surface area contributed by atoms with E-state index in [4.69, 9.17) is 0 Å². The molecule has 0 aliphatic carbocycles. The molecule has 0 aromatic heterocycles. The molecule has 0 spiro atoms. The lowest BCUT2D eigenvalue weighted by Crippen LogP contribution is -2.49. The smallest absolute Gasteiger partial charge is 0.223 e. The van der Waals surface area contributed by atoms with Crippen molar-refractivity contribution in [1.29, 1.82) is 0 Å². The summed E-state index contributed by atoms with van der Waals surface area (Å²) in [6.07, 6.45) is 8.21. The Morgan fingerprint density at radius 1 is 1.07 bits per heavy atom. The standard InChI is InChI=1S/C25H41N3O/c1-3-21(2)20-26-25(29)23-11-18-28(19-12-23)24-13-16-27(17-14-24)15-7-10-22-8-5-4-6-9-22/h4-6,8-9,21,23-24H,3,7,10-20H2,1-2H3,(H,26,29). The van der Waals surface area contributed by atoms with E-state index in [2.05, 4.69) is 59.3 Å². The maximum absolute atomic E-state index is 12.4. The SMILES string of the molecule is CCC(C)CNC(=O)C1CCN(C2CCN(CCCc3ccccc3)CC2)CC1. The summed E-state index contributed by atoms with van der Waals surface area (Å²) in [5.41, 5.74) is 1.46. The van der Waals surface area contributed by atoms with Crippen LogP contribution in [0.1, 0.15) is 57.9 Å². The van der Waals surface area contributed by atoms with Gasteiger partial charge in [-0.25, -0.2) is 0 Å². The monoisotopic (exact) mass is 399 g/mol. The molecule has 162 valence electrons. The Bertz CT molecular complexity index is 589. The van der Waals surface area contributed by atoms with Crippen LogP contribution in [0, 0.1) is 11.8 Å². The number of benzene rings is 1. The van der Waals surface area contributed by atoms with Crippen molar-refractivity contribution in [3.8, 4) is 0 Å². The van der Waals surface area contributed by atoms with Crippen LogP contribution in [-0.2, 0) is 11.2 Å². The van der Waals surface area contributed by atoms with Crippen LogP contribution >= 0.6 is 0 Å². The van der Waals surface area contributed by atoms with E-state index in [1.54, 1.807) is 0 Å². The van der Waals surface area contributed by atoms with Crippen molar-refractivity contribution in [1.82, 2.24) is 15.1 Å². The maximum atomic E-state index is 12.4. The van der Waals surface area contributed by atoms with Gasteiger partial charge in [-0.3, -0.25) is 4.79 Å². The number of nitrogens with one attached hydrogen (secondary N) is 1. The minimum Gasteiger partial charge on any atom is -0.356 e. The minimum atomic E-state index is 0.230. The molecule has 1 N–H and O–H groups in total. The molecule has 29 heavy (non-hydrogen) atoms. The van der Waals surface area contributed by atoms with Crippen molar-refractivity contribution in [2.75, 3.05) is 39.3 Å². The highest BCUT2D eigenvalue weighted by molar-refractivity contribution is 5.78. The first kappa shape index (κ1) is 22.3. The van der Waals surface area contributed by atoms with E-state index in [9.17, 15) is 4.79 Å². The highest BCUT2D eigenvalue weighted by atomic mass is 16.1. The van der Waals surface area contributed by atoms with E-state index >= 15 is 0 Å². The molecule has 2 fully saturated rings. The normalized spacial score (nSPS) is 21.2. The second-order valence-corrected chi connectivity index (χ2v) is 9.23. The van der Waals surface area contributed by atoms with Gasteiger partial charge in [0.2, 0.25) is 5.91 Å². The van der Waals surface area contributed by atoms with Crippen molar-refractivity contribution < 1.29 is 4.79 Å². The summed E-state index contributed by atoms with van der Waals surface area (Å²) in [6.45, 7) is 11.1.